The number of hydrogen-bond donors (Lipinski definition) is 0. The monoisotopic (exact) mass is 271 g/mol. The van der Waals surface area contributed by atoms with Crippen molar-refractivity contribution in [3.05, 3.63) is 35.4 Å². The highest BCUT2D eigenvalue weighted by Gasteiger charge is 2.47. The van der Waals surface area contributed by atoms with E-state index in [9.17, 15) is 4.79 Å². The summed E-state index contributed by atoms with van der Waals surface area (Å²) < 4.78 is 0. The van der Waals surface area contributed by atoms with E-state index in [1.54, 1.807) is 0 Å². The third-order valence-electron chi connectivity index (χ3n) is 5.17. The first-order valence-corrected chi connectivity index (χ1v) is 7.88. The fourth-order valence-electron chi connectivity index (χ4n) is 4.09. The molecule has 20 heavy (non-hydrogen) atoms. The lowest BCUT2D eigenvalue weighted by atomic mass is 9.77. The SMILES string of the molecule is CC(C)c1cccc(CC2CCC3(C2)CN(C=O)C3)c1. The van der Waals surface area contributed by atoms with Gasteiger partial charge in [-0.1, -0.05) is 38.1 Å². The summed E-state index contributed by atoms with van der Waals surface area (Å²) in [5.74, 6) is 1.42. The summed E-state index contributed by atoms with van der Waals surface area (Å²) >= 11 is 0. The highest BCUT2D eigenvalue weighted by molar-refractivity contribution is 5.49. The van der Waals surface area contributed by atoms with Crippen molar-refractivity contribution in [1.29, 1.82) is 0 Å². The Bertz CT molecular complexity index is 488. The van der Waals surface area contributed by atoms with E-state index in [1.807, 2.05) is 4.90 Å². The van der Waals surface area contributed by atoms with Gasteiger partial charge in [0.15, 0.2) is 0 Å². The maximum absolute atomic E-state index is 10.7. The molecule has 1 heterocycles. The fraction of sp³-hybridized carbons (Fsp3) is 0.611. The van der Waals surface area contributed by atoms with E-state index in [0.717, 1.165) is 25.4 Å². The number of hydrogen-bond acceptors (Lipinski definition) is 1. The average Bonchev–Trinajstić information content (AvgIpc) is 2.81. The highest BCUT2D eigenvalue weighted by atomic mass is 16.1. The minimum atomic E-state index is 0.473. The molecule has 2 fully saturated rings. The maximum atomic E-state index is 10.7. The lowest BCUT2D eigenvalue weighted by Crippen LogP contribution is -2.54. The van der Waals surface area contributed by atoms with Crippen molar-refractivity contribution >= 4 is 6.41 Å². The molecule has 3 rings (SSSR count). The predicted molar refractivity (Wildman–Crippen MR) is 81.6 cm³/mol. The largest absolute Gasteiger partial charge is 0.344 e. The Balaban J connectivity index is 1.60. The van der Waals surface area contributed by atoms with Gasteiger partial charge in [0.25, 0.3) is 0 Å². The molecule has 0 aromatic heterocycles. The molecular formula is C18H25NO. The van der Waals surface area contributed by atoms with Crippen LogP contribution in [0.4, 0.5) is 0 Å². The van der Waals surface area contributed by atoms with Crippen LogP contribution in [0, 0.1) is 11.3 Å². The summed E-state index contributed by atoms with van der Waals surface area (Å²) in [5.41, 5.74) is 3.41. The molecule has 2 nitrogen and oxygen atoms in total. The summed E-state index contributed by atoms with van der Waals surface area (Å²) in [6.07, 6.45) is 6.17. The van der Waals surface area contributed by atoms with Crippen LogP contribution in [0.1, 0.15) is 50.2 Å². The van der Waals surface area contributed by atoms with Gasteiger partial charge in [0.1, 0.15) is 0 Å². The molecule has 1 aliphatic heterocycles. The van der Waals surface area contributed by atoms with E-state index in [0.29, 0.717) is 11.3 Å². The van der Waals surface area contributed by atoms with Crippen molar-refractivity contribution in [2.45, 2.75) is 45.4 Å². The van der Waals surface area contributed by atoms with Gasteiger partial charge in [0, 0.05) is 18.5 Å². The second-order valence-corrected chi connectivity index (χ2v) is 7.22. The Morgan fingerprint density at radius 2 is 2.20 bits per heavy atom. The van der Waals surface area contributed by atoms with Crippen molar-refractivity contribution in [2.75, 3.05) is 13.1 Å². The van der Waals surface area contributed by atoms with Crippen molar-refractivity contribution in [1.82, 2.24) is 4.90 Å². The molecule has 1 unspecified atom stereocenters. The minimum absolute atomic E-state index is 0.473. The standard InChI is InChI=1S/C18H25NO/c1-14(2)17-5-3-4-15(9-17)8-16-6-7-18(10-16)11-19(12-18)13-20/h3-5,9,13-14,16H,6-8,10-12H2,1-2H3. The zero-order valence-corrected chi connectivity index (χ0v) is 12.6. The first kappa shape index (κ1) is 13.7. The quantitative estimate of drug-likeness (QED) is 0.766. The summed E-state index contributed by atoms with van der Waals surface area (Å²) in [6.45, 7) is 6.51. The van der Waals surface area contributed by atoms with Gasteiger partial charge in [-0.15, -0.1) is 0 Å². The van der Waals surface area contributed by atoms with Gasteiger partial charge in [-0.3, -0.25) is 4.79 Å². The average molecular weight is 271 g/mol. The number of rotatable bonds is 4. The number of amides is 1. The van der Waals surface area contributed by atoms with Crippen LogP contribution in [-0.2, 0) is 11.2 Å². The third-order valence-corrected chi connectivity index (χ3v) is 5.17. The van der Waals surface area contributed by atoms with Gasteiger partial charge in [0.05, 0.1) is 0 Å². The molecule has 1 aliphatic carbocycles. The molecular weight excluding hydrogens is 246 g/mol. The Kier molecular flexibility index (Phi) is 3.57. The summed E-state index contributed by atoms with van der Waals surface area (Å²) in [5, 5.41) is 0. The fourth-order valence-corrected chi connectivity index (χ4v) is 4.09. The predicted octanol–water partition coefficient (Wildman–Crippen LogP) is 3.61. The molecule has 1 atom stereocenters. The number of nitrogens with zero attached hydrogens (tertiary/aromatic N) is 1. The minimum Gasteiger partial charge on any atom is -0.344 e. The molecule has 1 aromatic rings. The summed E-state index contributed by atoms with van der Waals surface area (Å²) in [4.78, 5) is 12.6. The van der Waals surface area contributed by atoms with Gasteiger partial charge in [-0.05, 0) is 48.6 Å². The van der Waals surface area contributed by atoms with Gasteiger partial charge >= 0.3 is 0 Å². The third kappa shape index (κ3) is 2.61. The molecule has 1 aromatic carbocycles. The van der Waals surface area contributed by atoms with Crippen molar-refractivity contribution in [3.63, 3.8) is 0 Å². The van der Waals surface area contributed by atoms with Crippen LogP contribution in [-0.4, -0.2) is 24.4 Å². The molecule has 1 saturated carbocycles. The molecule has 0 N–H and O–H groups in total. The molecule has 108 valence electrons. The van der Waals surface area contributed by atoms with E-state index < -0.39 is 0 Å². The topological polar surface area (TPSA) is 20.3 Å². The van der Waals surface area contributed by atoms with Gasteiger partial charge in [0.2, 0.25) is 6.41 Å². The summed E-state index contributed by atoms with van der Waals surface area (Å²) in [7, 11) is 0. The highest BCUT2D eigenvalue weighted by Crippen LogP contribution is 2.48. The van der Waals surface area contributed by atoms with Crippen LogP contribution in [0.5, 0.6) is 0 Å². The van der Waals surface area contributed by atoms with Crippen LogP contribution >= 0.6 is 0 Å². The second kappa shape index (κ2) is 5.23. The Morgan fingerprint density at radius 3 is 2.90 bits per heavy atom. The van der Waals surface area contributed by atoms with Crippen LogP contribution in [0.15, 0.2) is 24.3 Å². The number of likely N-dealkylation sites (tertiary alicyclic amines) is 1. The summed E-state index contributed by atoms with van der Waals surface area (Å²) in [6, 6.07) is 9.09. The molecule has 2 aliphatic rings. The van der Waals surface area contributed by atoms with Crippen LogP contribution in [0.3, 0.4) is 0 Å². The van der Waals surface area contributed by atoms with Crippen LogP contribution in [0.25, 0.3) is 0 Å². The van der Waals surface area contributed by atoms with Crippen LogP contribution < -0.4 is 0 Å². The number of carbonyl (C=O) groups is 1. The first-order chi connectivity index (χ1) is 9.60. The normalized spacial score (nSPS) is 24.1. The van der Waals surface area contributed by atoms with Gasteiger partial charge in [-0.2, -0.15) is 0 Å². The number of carbonyl (C=O) groups excluding carboxylic acids is 1. The first-order valence-electron chi connectivity index (χ1n) is 7.88. The van der Waals surface area contributed by atoms with Gasteiger partial charge in [-0.25, -0.2) is 0 Å². The molecule has 0 bridgehead atoms. The lowest BCUT2D eigenvalue weighted by molar-refractivity contribution is -0.129. The van der Waals surface area contributed by atoms with Crippen LogP contribution in [0.2, 0.25) is 0 Å². The van der Waals surface area contributed by atoms with E-state index in [2.05, 4.69) is 38.1 Å². The molecule has 1 amide bonds. The van der Waals surface area contributed by atoms with E-state index in [-0.39, 0.29) is 0 Å². The zero-order valence-electron chi connectivity index (χ0n) is 12.6. The Morgan fingerprint density at radius 1 is 1.40 bits per heavy atom. The molecule has 1 spiro atoms. The van der Waals surface area contributed by atoms with Crippen molar-refractivity contribution < 1.29 is 4.79 Å². The Hall–Kier alpha value is -1.31. The molecule has 2 heteroatoms. The second-order valence-electron chi connectivity index (χ2n) is 7.22. The Labute approximate surface area is 122 Å². The lowest BCUT2D eigenvalue weighted by Gasteiger charge is -2.46. The molecule has 0 radical (unpaired) electrons. The number of benzene rings is 1. The van der Waals surface area contributed by atoms with E-state index in [1.165, 1.54) is 36.8 Å². The van der Waals surface area contributed by atoms with Crippen molar-refractivity contribution in [2.24, 2.45) is 11.3 Å². The van der Waals surface area contributed by atoms with E-state index >= 15 is 0 Å². The zero-order chi connectivity index (χ0) is 14.2. The van der Waals surface area contributed by atoms with Gasteiger partial charge < -0.3 is 4.90 Å². The van der Waals surface area contributed by atoms with E-state index in [4.69, 9.17) is 0 Å². The molecule has 1 saturated heterocycles. The smallest absolute Gasteiger partial charge is 0.209 e. The van der Waals surface area contributed by atoms with Crippen molar-refractivity contribution in [3.8, 4) is 0 Å². The maximum Gasteiger partial charge on any atom is 0.209 e.